The number of ketones is 1. The number of imide groups is 1. The normalized spacial score (nSPS) is 16.7. The fraction of sp³-hybridized carbons (Fsp3) is 0.308. The molecule has 1 aromatic carbocycles. The zero-order valence-electron chi connectivity index (χ0n) is 10.7. The molecule has 20 heavy (non-hydrogen) atoms. The Hall–Kier alpha value is -2.08. The molecule has 106 valence electrons. The van der Waals surface area contributed by atoms with Crippen LogP contribution in [-0.4, -0.2) is 24.3 Å². The van der Waals surface area contributed by atoms with Gasteiger partial charge in [0.15, 0.2) is 12.4 Å². The number of hydrogen-bond donors (Lipinski definition) is 2. The third-order valence-electron chi connectivity index (χ3n) is 3.04. The third kappa shape index (κ3) is 2.75. The number of nitrogens with one attached hydrogen (secondary N) is 1. The fourth-order valence-electron chi connectivity index (χ4n) is 2.26. The molecule has 0 aliphatic heterocycles. The first kappa shape index (κ1) is 14.3. The summed E-state index contributed by atoms with van der Waals surface area (Å²) >= 11 is 6.09. The summed E-state index contributed by atoms with van der Waals surface area (Å²) < 4.78 is 5.29. The Morgan fingerprint density at radius 3 is 2.85 bits per heavy atom. The molecule has 3 N–H and O–H groups in total. The Labute approximate surface area is 120 Å². The molecule has 7 heteroatoms. The molecule has 0 saturated carbocycles. The average Bonchev–Trinajstić information content (AvgIpc) is 2.64. The summed E-state index contributed by atoms with van der Waals surface area (Å²) in [5.41, 5.74) is 5.97. The molecular formula is C13H13ClN2O4. The minimum absolute atomic E-state index is 0.0213. The van der Waals surface area contributed by atoms with Crippen LogP contribution in [0.3, 0.4) is 0 Å². The van der Waals surface area contributed by atoms with Gasteiger partial charge in [-0.05, 0) is 23.6 Å². The van der Waals surface area contributed by atoms with E-state index in [0.717, 1.165) is 5.56 Å². The smallest absolute Gasteiger partial charge is 0.318 e. The molecule has 0 spiro atoms. The van der Waals surface area contributed by atoms with Crippen LogP contribution in [0.4, 0.5) is 4.79 Å². The van der Waals surface area contributed by atoms with E-state index in [-0.39, 0.29) is 11.7 Å². The lowest BCUT2D eigenvalue weighted by molar-refractivity contribution is -0.121. The van der Waals surface area contributed by atoms with Gasteiger partial charge in [-0.3, -0.25) is 14.9 Å². The molecular weight excluding hydrogens is 284 g/mol. The van der Waals surface area contributed by atoms with Gasteiger partial charge in [0, 0.05) is 11.4 Å². The first-order chi connectivity index (χ1) is 9.40. The van der Waals surface area contributed by atoms with Crippen molar-refractivity contribution in [2.45, 2.75) is 19.3 Å². The number of nitrogens with two attached hydrogens (primary N) is 1. The third-order valence-corrected chi connectivity index (χ3v) is 3.37. The maximum Gasteiger partial charge on any atom is 0.318 e. The van der Waals surface area contributed by atoms with Crippen molar-refractivity contribution < 1.29 is 19.1 Å². The Balaban J connectivity index is 2.20. The molecule has 1 aliphatic rings. The van der Waals surface area contributed by atoms with Crippen LogP contribution in [0.1, 0.15) is 35.2 Å². The summed E-state index contributed by atoms with van der Waals surface area (Å²) in [6, 6.07) is 2.20. The number of primary amides is 1. The van der Waals surface area contributed by atoms with Crippen molar-refractivity contribution in [2.75, 3.05) is 6.61 Å². The maximum absolute atomic E-state index is 12.0. The van der Waals surface area contributed by atoms with Crippen molar-refractivity contribution in [3.05, 3.63) is 28.3 Å². The van der Waals surface area contributed by atoms with Crippen LogP contribution in [0.2, 0.25) is 5.02 Å². The van der Waals surface area contributed by atoms with Crippen molar-refractivity contribution >= 4 is 29.3 Å². The number of halogens is 1. The number of carbonyl (C=O) groups is 3. The number of ether oxygens (including phenoxy) is 1. The fourth-order valence-corrected chi connectivity index (χ4v) is 2.61. The van der Waals surface area contributed by atoms with Gasteiger partial charge in [-0.25, -0.2) is 4.79 Å². The molecule has 0 bridgehead atoms. The van der Waals surface area contributed by atoms with Crippen molar-refractivity contribution in [2.24, 2.45) is 5.73 Å². The summed E-state index contributed by atoms with van der Waals surface area (Å²) in [5, 5.41) is 2.38. The Bertz CT molecular complexity index is 600. The zero-order valence-corrected chi connectivity index (χ0v) is 11.5. The van der Waals surface area contributed by atoms with Crippen molar-refractivity contribution in [3.63, 3.8) is 0 Å². The number of fused-ring (bicyclic) bond motifs is 1. The lowest BCUT2D eigenvalue weighted by atomic mass is 10.0. The lowest BCUT2D eigenvalue weighted by Gasteiger charge is -2.11. The van der Waals surface area contributed by atoms with Crippen LogP contribution in [0.15, 0.2) is 12.1 Å². The van der Waals surface area contributed by atoms with E-state index >= 15 is 0 Å². The summed E-state index contributed by atoms with van der Waals surface area (Å²) in [4.78, 5) is 33.8. The van der Waals surface area contributed by atoms with Gasteiger partial charge in [0.05, 0.1) is 5.56 Å². The molecule has 0 heterocycles. The van der Waals surface area contributed by atoms with E-state index in [2.05, 4.69) is 0 Å². The van der Waals surface area contributed by atoms with Gasteiger partial charge in [0.1, 0.15) is 5.75 Å². The van der Waals surface area contributed by atoms with Gasteiger partial charge in [-0.1, -0.05) is 18.5 Å². The highest BCUT2D eigenvalue weighted by atomic mass is 35.5. The SMILES string of the molecule is C[C@H]1CC(=O)c2c(OCC(=O)NC(N)=O)ccc(Cl)c21. The van der Waals surface area contributed by atoms with E-state index in [4.69, 9.17) is 22.1 Å². The quantitative estimate of drug-likeness (QED) is 0.885. The molecule has 1 atom stereocenters. The van der Waals surface area contributed by atoms with Crippen LogP contribution in [0.25, 0.3) is 0 Å². The number of benzene rings is 1. The summed E-state index contributed by atoms with van der Waals surface area (Å²) in [6.07, 6.45) is 0.364. The Morgan fingerprint density at radius 1 is 1.50 bits per heavy atom. The van der Waals surface area contributed by atoms with E-state index in [1.54, 1.807) is 6.07 Å². The second kappa shape index (κ2) is 5.50. The molecule has 0 unspecified atom stereocenters. The topological polar surface area (TPSA) is 98.5 Å². The number of carbonyl (C=O) groups excluding carboxylic acids is 3. The molecule has 2 rings (SSSR count). The average molecular weight is 297 g/mol. The zero-order chi connectivity index (χ0) is 14.9. The predicted octanol–water partition coefficient (Wildman–Crippen LogP) is 1.60. The van der Waals surface area contributed by atoms with Gasteiger partial charge in [-0.15, -0.1) is 0 Å². The van der Waals surface area contributed by atoms with Crippen LogP contribution in [0, 0.1) is 0 Å². The van der Waals surface area contributed by atoms with Gasteiger partial charge in [0.2, 0.25) is 0 Å². The maximum atomic E-state index is 12.0. The second-order valence-corrected chi connectivity index (χ2v) is 4.97. The van der Waals surface area contributed by atoms with Crippen LogP contribution in [-0.2, 0) is 4.79 Å². The molecule has 0 saturated heterocycles. The molecule has 0 radical (unpaired) electrons. The summed E-state index contributed by atoms with van der Waals surface area (Å²) in [5.74, 6) is -0.439. The predicted molar refractivity (Wildman–Crippen MR) is 72.0 cm³/mol. The van der Waals surface area contributed by atoms with Crippen molar-refractivity contribution in [3.8, 4) is 5.75 Å². The number of Topliss-reactive ketones (excluding diaryl/α,β-unsaturated/α-hetero) is 1. The van der Waals surface area contributed by atoms with E-state index in [1.807, 2.05) is 12.2 Å². The van der Waals surface area contributed by atoms with E-state index in [1.165, 1.54) is 6.07 Å². The number of rotatable bonds is 3. The van der Waals surface area contributed by atoms with E-state index in [0.29, 0.717) is 22.8 Å². The van der Waals surface area contributed by atoms with E-state index in [9.17, 15) is 14.4 Å². The number of hydrogen-bond acceptors (Lipinski definition) is 4. The van der Waals surface area contributed by atoms with Gasteiger partial charge in [0.25, 0.3) is 5.91 Å². The highest BCUT2D eigenvalue weighted by Crippen LogP contribution is 2.42. The standard InChI is InChI=1S/C13H13ClN2O4/c1-6-4-8(17)12-9(3-2-7(14)11(6)12)20-5-10(18)16-13(15)19/h2-3,6H,4-5H2,1H3,(H3,15,16,18,19)/t6-/m0/s1. The monoisotopic (exact) mass is 296 g/mol. The largest absolute Gasteiger partial charge is 0.483 e. The molecule has 0 fully saturated rings. The lowest BCUT2D eigenvalue weighted by Crippen LogP contribution is -2.38. The minimum atomic E-state index is -0.954. The molecule has 1 aromatic rings. The van der Waals surface area contributed by atoms with Crippen LogP contribution in [0.5, 0.6) is 5.75 Å². The first-order valence-electron chi connectivity index (χ1n) is 5.97. The van der Waals surface area contributed by atoms with Crippen LogP contribution >= 0.6 is 11.6 Å². The number of urea groups is 1. The minimum Gasteiger partial charge on any atom is -0.483 e. The summed E-state index contributed by atoms with van der Waals surface area (Å²) in [7, 11) is 0. The van der Waals surface area contributed by atoms with Gasteiger partial charge >= 0.3 is 6.03 Å². The van der Waals surface area contributed by atoms with E-state index < -0.39 is 18.5 Å². The van der Waals surface area contributed by atoms with Crippen molar-refractivity contribution in [1.29, 1.82) is 0 Å². The molecule has 1 aliphatic carbocycles. The second-order valence-electron chi connectivity index (χ2n) is 4.56. The van der Waals surface area contributed by atoms with Gasteiger partial charge in [-0.2, -0.15) is 0 Å². The molecule has 0 aromatic heterocycles. The summed E-state index contributed by atoms with van der Waals surface area (Å²) in [6.45, 7) is 1.50. The first-order valence-corrected chi connectivity index (χ1v) is 6.35. The Morgan fingerprint density at radius 2 is 2.20 bits per heavy atom. The molecule has 3 amide bonds. The highest BCUT2D eigenvalue weighted by Gasteiger charge is 2.31. The highest BCUT2D eigenvalue weighted by molar-refractivity contribution is 6.32. The van der Waals surface area contributed by atoms with Gasteiger partial charge < -0.3 is 10.5 Å². The van der Waals surface area contributed by atoms with Crippen LogP contribution < -0.4 is 15.8 Å². The molecule has 6 nitrogen and oxygen atoms in total. The number of amides is 3. The Kier molecular flexibility index (Phi) is 3.94. The van der Waals surface area contributed by atoms with Crippen molar-refractivity contribution in [1.82, 2.24) is 5.32 Å².